The van der Waals surface area contributed by atoms with Gasteiger partial charge in [0.25, 0.3) is 0 Å². The number of methoxy groups -OCH3 is 3. The van der Waals surface area contributed by atoms with Gasteiger partial charge >= 0.3 is 0 Å². The quantitative estimate of drug-likeness (QED) is 0.853. The first-order chi connectivity index (χ1) is 11.0. The third-order valence-corrected chi connectivity index (χ3v) is 5.07. The second-order valence-corrected chi connectivity index (χ2v) is 6.03. The van der Waals surface area contributed by atoms with Crippen molar-refractivity contribution in [3.05, 3.63) is 35.6 Å². The highest BCUT2D eigenvalue weighted by molar-refractivity contribution is 6.11. The van der Waals surface area contributed by atoms with E-state index in [4.69, 9.17) is 14.2 Å². The topological polar surface area (TPSA) is 61.8 Å². The second-order valence-electron chi connectivity index (χ2n) is 6.03. The molecule has 5 heteroatoms. The maximum absolute atomic E-state index is 12.6. The first kappa shape index (κ1) is 15.6. The molecule has 1 aromatic carbocycles. The summed E-state index contributed by atoms with van der Waals surface area (Å²) in [5.74, 6) is 0.801. The highest BCUT2D eigenvalue weighted by atomic mass is 16.5. The number of ketones is 2. The third-order valence-electron chi connectivity index (χ3n) is 5.07. The Morgan fingerprint density at radius 3 is 2.17 bits per heavy atom. The number of Topliss-reactive ketones (excluding diaryl/α,β-unsaturated/α-hetero) is 1. The molecule has 1 fully saturated rings. The van der Waals surface area contributed by atoms with E-state index < -0.39 is 0 Å². The number of hydrogen-bond donors (Lipinski definition) is 0. The number of hydrogen-bond acceptors (Lipinski definition) is 5. The standard InChI is InChI=1S/C18H20O5/c1-9-15(10-5-6-12(21-2)13(7-10)22-3)17-16(9)11(19)8-14(23-4)18(17)20/h5-9,15-17H,1-4H3/t9-,15?,16?,17?/m0/s1. The molecule has 3 unspecified atom stereocenters. The van der Waals surface area contributed by atoms with Crippen molar-refractivity contribution >= 4 is 11.6 Å². The number of allylic oxidation sites excluding steroid dienone is 2. The number of carbonyl (C=O) groups is 2. The first-order valence-corrected chi connectivity index (χ1v) is 7.59. The Hall–Kier alpha value is -2.30. The molecule has 0 saturated heterocycles. The Morgan fingerprint density at radius 2 is 1.57 bits per heavy atom. The van der Waals surface area contributed by atoms with Gasteiger partial charge in [-0.15, -0.1) is 0 Å². The normalized spacial score (nSPS) is 29.3. The maximum atomic E-state index is 12.6. The van der Waals surface area contributed by atoms with Gasteiger partial charge in [0, 0.05) is 17.9 Å². The van der Waals surface area contributed by atoms with Crippen molar-refractivity contribution in [2.45, 2.75) is 12.8 Å². The van der Waals surface area contributed by atoms with Crippen molar-refractivity contribution in [1.82, 2.24) is 0 Å². The molecule has 0 bridgehead atoms. The molecule has 0 heterocycles. The molecule has 0 N–H and O–H groups in total. The zero-order valence-electron chi connectivity index (χ0n) is 13.7. The number of carbonyl (C=O) groups excluding carboxylic acids is 2. The molecule has 2 aliphatic rings. The van der Waals surface area contributed by atoms with E-state index >= 15 is 0 Å². The zero-order chi connectivity index (χ0) is 16.7. The lowest BCUT2D eigenvalue weighted by Crippen LogP contribution is -2.53. The van der Waals surface area contributed by atoms with Gasteiger partial charge < -0.3 is 14.2 Å². The van der Waals surface area contributed by atoms with E-state index in [1.165, 1.54) is 13.2 Å². The molecule has 2 aliphatic carbocycles. The summed E-state index contributed by atoms with van der Waals surface area (Å²) in [7, 11) is 4.58. The SMILES string of the molecule is COC1=CC(=O)C2C(C1=O)C(c1ccc(OC)c(OC)c1)[C@@H]2C. The van der Waals surface area contributed by atoms with Crippen LogP contribution in [0, 0.1) is 17.8 Å². The van der Waals surface area contributed by atoms with Crippen LogP contribution in [0.5, 0.6) is 11.5 Å². The minimum absolute atomic E-state index is 0.0179. The van der Waals surface area contributed by atoms with E-state index in [9.17, 15) is 9.59 Å². The van der Waals surface area contributed by atoms with E-state index in [1.54, 1.807) is 14.2 Å². The highest BCUT2D eigenvalue weighted by Gasteiger charge is 2.57. The van der Waals surface area contributed by atoms with Crippen LogP contribution in [0.15, 0.2) is 30.0 Å². The number of benzene rings is 1. The molecule has 0 radical (unpaired) electrons. The summed E-state index contributed by atoms with van der Waals surface area (Å²) >= 11 is 0. The van der Waals surface area contributed by atoms with Crippen LogP contribution in [0.25, 0.3) is 0 Å². The molecule has 0 amide bonds. The van der Waals surface area contributed by atoms with Crippen molar-refractivity contribution in [1.29, 1.82) is 0 Å². The van der Waals surface area contributed by atoms with Gasteiger partial charge in [-0.2, -0.15) is 0 Å². The summed E-state index contributed by atoms with van der Waals surface area (Å²) in [6.07, 6.45) is 1.34. The summed E-state index contributed by atoms with van der Waals surface area (Å²) in [5.41, 5.74) is 0.981. The van der Waals surface area contributed by atoms with Crippen LogP contribution >= 0.6 is 0 Å². The molecule has 0 spiro atoms. The fraction of sp³-hybridized carbons (Fsp3) is 0.444. The molecule has 3 rings (SSSR count). The van der Waals surface area contributed by atoms with Crippen LogP contribution in [0.4, 0.5) is 0 Å². The van der Waals surface area contributed by atoms with Crippen LogP contribution in [0.2, 0.25) is 0 Å². The van der Waals surface area contributed by atoms with Crippen LogP contribution in [-0.2, 0) is 14.3 Å². The lowest BCUT2D eigenvalue weighted by Gasteiger charge is -2.50. The highest BCUT2D eigenvalue weighted by Crippen LogP contribution is 2.56. The van der Waals surface area contributed by atoms with E-state index in [2.05, 4.69) is 0 Å². The Balaban J connectivity index is 1.97. The third kappa shape index (κ3) is 2.22. The van der Waals surface area contributed by atoms with E-state index in [-0.39, 0.29) is 41.0 Å². The minimum Gasteiger partial charge on any atom is -0.493 e. The predicted octanol–water partition coefficient (Wildman–Crippen LogP) is 2.35. The van der Waals surface area contributed by atoms with Crippen molar-refractivity contribution in [3.8, 4) is 11.5 Å². The Morgan fingerprint density at radius 1 is 0.870 bits per heavy atom. The zero-order valence-corrected chi connectivity index (χ0v) is 13.7. The molecule has 0 aliphatic heterocycles. The summed E-state index contributed by atoms with van der Waals surface area (Å²) < 4.78 is 15.7. The molecule has 1 aromatic rings. The summed E-state index contributed by atoms with van der Waals surface area (Å²) in [4.78, 5) is 24.8. The Kier molecular flexibility index (Phi) is 3.88. The minimum atomic E-state index is -0.351. The van der Waals surface area contributed by atoms with Crippen LogP contribution < -0.4 is 9.47 Å². The van der Waals surface area contributed by atoms with Gasteiger partial charge in [0.15, 0.2) is 23.0 Å². The lowest BCUT2D eigenvalue weighted by molar-refractivity contribution is -0.144. The molecule has 0 aromatic heterocycles. The molecule has 122 valence electrons. The molecule has 5 nitrogen and oxygen atoms in total. The fourth-order valence-corrected chi connectivity index (χ4v) is 3.91. The molecule has 4 atom stereocenters. The number of ether oxygens (including phenoxy) is 3. The van der Waals surface area contributed by atoms with Gasteiger partial charge in [-0.05, 0) is 29.5 Å². The van der Waals surface area contributed by atoms with E-state index in [1.807, 2.05) is 25.1 Å². The second kappa shape index (κ2) is 5.72. The average Bonchev–Trinajstić information content (AvgIpc) is 2.55. The molecule has 23 heavy (non-hydrogen) atoms. The fourth-order valence-electron chi connectivity index (χ4n) is 3.91. The van der Waals surface area contributed by atoms with Crippen LogP contribution in [0.1, 0.15) is 18.4 Å². The number of fused-ring (bicyclic) bond motifs is 1. The van der Waals surface area contributed by atoms with Gasteiger partial charge in [-0.3, -0.25) is 9.59 Å². The van der Waals surface area contributed by atoms with E-state index in [0.717, 1.165) is 5.56 Å². The first-order valence-electron chi connectivity index (χ1n) is 7.59. The average molecular weight is 316 g/mol. The summed E-state index contributed by atoms with van der Waals surface area (Å²) in [5, 5.41) is 0. The summed E-state index contributed by atoms with van der Waals surface area (Å²) in [6, 6.07) is 5.65. The van der Waals surface area contributed by atoms with Crippen molar-refractivity contribution in [3.63, 3.8) is 0 Å². The van der Waals surface area contributed by atoms with Gasteiger partial charge in [0.1, 0.15) is 0 Å². The molecular formula is C18H20O5. The van der Waals surface area contributed by atoms with Crippen LogP contribution in [-0.4, -0.2) is 32.9 Å². The van der Waals surface area contributed by atoms with Gasteiger partial charge in [-0.1, -0.05) is 13.0 Å². The maximum Gasteiger partial charge on any atom is 0.201 e. The van der Waals surface area contributed by atoms with Crippen LogP contribution in [0.3, 0.4) is 0 Å². The monoisotopic (exact) mass is 316 g/mol. The Labute approximate surface area is 135 Å². The van der Waals surface area contributed by atoms with Crippen molar-refractivity contribution < 1.29 is 23.8 Å². The van der Waals surface area contributed by atoms with Crippen molar-refractivity contribution in [2.24, 2.45) is 17.8 Å². The van der Waals surface area contributed by atoms with Gasteiger partial charge in [0.2, 0.25) is 5.78 Å². The summed E-state index contributed by atoms with van der Waals surface area (Å²) in [6.45, 7) is 2.01. The largest absolute Gasteiger partial charge is 0.493 e. The molecular weight excluding hydrogens is 296 g/mol. The van der Waals surface area contributed by atoms with Gasteiger partial charge in [-0.25, -0.2) is 0 Å². The van der Waals surface area contributed by atoms with Crippen molar-refractivity contribution in [2.75, 3.05) is 21.3 Å². The van der Waals surface area contributed by atoms with Gasteiger partial charge in [0.05, 0.1) is 21.3 Å². The molecule has 1 saturated carbocycles. The smallest absolute Gasteiger partial charge is 0.201 e. The lowest BCUT2D eigenvalue weighted by atomic mass is 9.51. The number of rotatable bonds is 4. The van der Waals surface area contributed by atoms with E-state index in [0.29, 0.717) is 11.5 Å². The predicted molar refractivity (Wildman–Crippen MR) is 83.5 cm³/mol. The Bertz CT molecular complexity index is 691.